The van der Waals surface area contributed by atoms with Crippen molar-refractivity contribution in [3.8, 4) is 28.3 Å². The molecule has 0 aliphatic rings. The van der Waals surface area contributed by atoms with Crippen LogP contribution in [0.3, 0.4) is 0 Å². The summed E-state index contributed by atoms with van der Waals surface area (Å²) in [6, 6.07) is 14.0. The molecule has 0 amide bonds. The lowest BCUT2D eigenvalue weighted by Gasteiger charge is -2.07. The molecule has 28 heavy (non-hydrogen) atoms. The molecule has 1 heterocycles. The minimum atomic E-state index is -4.38. The largest absolute Gasteiger partial charge is 0.496 e. The lowest BCUT2D eigenvalue weighted by molar-refractivity contribution is -0.137. The average molecular weight is 387 g/mol. The molecule has 0 radical (unpaired) electrons. The predicted octanol–water partition coefficient (Wildman–Crippen LogP) is 6.33. The maximum absolute atomic E-state index is 13.6. The van der Waals surface area contributed by atoms with E-state index in [0.717, 1.165) is 12.1 Å². The van der Waals surface area contributed by atoms with E-state index in [2.05, 4.69) is 4.98 Å². The second kappa shape index (κ2) is 6.67. The number of fused-ring (bicyclic) bond motifs is 1. The van der Waals surface area contributed by atoms with Gasteiger partial charge in [-0.2, -0.15) is 13.2 Å². The van der Waals surface area contributed by atoms with Crippen molar-refractivity contribution < 1.29 is 26.7 Å². The maximum atomic E-state index is 13.6. The van der Waals surface area contributed by atoms with Crippen molar-refractivity contribution in [3.05, 3.63) is 72.0 Å². The number of alkyl halides is 3. The Morgan fingerprint density at radius 3 is 2.29 bits per heavy atom. The molecule has 0 atom stereocenters. The summed E-state index contributed by atoms with van der Waals surface area (Å²) in [5.74, 6) is 0.148. The molecule has 0 aliphatic heterocycles. The molecule has 4 aromatic rings. The van der Waals surface area contributed by atoms with Crippen molar-refractivity contribution in [2.45, 2.75) is 6.18 Å². The van der Waals surface area contributed by atoms with E-state index in [4.69, 9.17) is 9.15 Å². The van der Waals surface area contributed by atoms with Crippen molar-refractivity contribution in [1.29, 1.82) is 0 Å². The summed E-state index contributed by atoms with van der Waals surface area (Å²) in [6.07, 6.45) is -4.38. The average Bonchev–Trinajstić information content (AvgIpc) is 3.10. The van der Waals surface area contributed by atoms with Crippen LogP contribution < -0.4 is 4.74 Å². The SMILES string of the molecule is COc1ccc(F)cc1-c1nc2ccc(-c3ccc(C(F)(F)F)cc3)cc2o1. The van der Waals surface area contributed by atoms with Gasteiger partial charge in [0.25, 0.3) is 0 Å². The molecule has 142 valence electrons. The number of nitrogens with zero attached hydrogens (tertiary/aromatic N) is 1. The topological polar surface area (TPSA) is 35.3 Å². The lowest BCUT2D eigenvalue weighted by Crippen LogP contribution is -2.03. The third-order valence-corrected chi connectivity index (χ3v) is 4.33. The molecule has 0 N–H and O–H groups in total. The van der Waals surface area contributed by atoms with Gasteiger partial charge in [-0.05, 0) is 53.6 Å². The number of halogens is 4. The Morgan fingerprint density at radius 2 is 1.61 bits per heavy atom. The van der Waals surface area contributed by atoms with E-state index in [-0.39, 0.29) is 5.89 Å². The molecule has 4 rings (SSSR count). The zero-order valence-corrected chi connectivity index (χ0v) is 14.5. The monoisotopic (exact) mass is 387 g/mol. The number of hydrogen-bond acceptors (Lipinski definition) is 3. The highest BCUT2D eigenvalue weighted by Crippen LogP contribution is 2.35. The van der Waals surface area contributed by atoms with E-state index in [9.17, 15) is 17.6 Å². The van der Waals surface area contributed by atoms with Crippen LogP contribution in [0.15, 0.2) is 65.1 Å². The van der Waals surface area contributed by atoms with Crippen molar-refractivity contribution >= 4 is 11.1 Å². The molecule has 0 saturated heterocycles. The Kier molecular flexibility index (Phi) is 4.30. The van der Waals surface area contributed by atoms with Crippen LogP contribution in [0.25, 0.3) is 33.7 Å². The van der Waals surface area contributed by atoms with E-state index in [1.54, 1.807) is 18.2 Å². The molecule has 1 aromatic heterocycles. The quantitative estimate of drug-likeness (QED) is 0.386. The predicted molar refractivity (Wildman–Crippen MR) is 96.4 cm³/mol. The molecular formula is C21H13F4NO2. The molecule has 0 spiro atoms. The number of aromatic nitrogens is 1. The molecule has 3 nitrogen and oxygen atoms in total. The summed E-state index contributed by atoms with van der Waals surface area (Å²) >= 11 is 0. The van der Waals surface area contributed by atoms with Crippen LogP contribution in [0.2, 0.25) is 0 Å². The number of oxazole rings is 1. The van der Waals surface area contributed by atoms with Crippen LogP contribution in [0.5, 0.6) is 5.75 Å². The Balaban J connectivity index is 1.74. The summed E-state index contributed by atoms with van der Waals surface area (Å²) in [5, 5.41) is 0. The number of methoxy groups -OCH3 is 1. The van der Waals surface area contributed by atoms with E-state index >= 15 is 0 Å². The van der Waals surface area contributed by atoms with Gasteiger partial charge >= 0.3 is 6.18 Å². The number of hydrogen-bond donors (Lipinski definition) is 0. The minimum Gasteiger partial charge on any atom is -0.496 e. The second-order valence-electron chi connectivity index (χ2n) is 6.12. The van der Waals surface area contributed by atoms with Crippen molar-refractivity contribution in [2.75, 3.05) is 7.11 Å². The van der Waals surface area contributed by atoms with Gasteiger partial charge in [-0.3, -0.25) is 0 Å². The zero-order valence-electron chi connectivity index (χ0n) is 14.5. The third kappa shape index (κ3) is 3.31. The first-order valence-corrected chi connectivity index (χ1v) is 8.27. The lowest BCUT2D eigenvalue weighted by atomic mass is 10.0. The molecule has 0 unspecified atom stereocenters. The fraction of sp³-hybridized carbons (Fsp3) is 0.0952. The summed E-state index contributed by atoms with van der Waals surface area (Å²) in [5.41, 5.74) is 1.91. The Bertz CT molecular complexity index is 1150. The smallest absolute Gasteiger partial charge is 0.416 e. The number of ether oxygens (including phenoxy) is 1. The van der Waals surface area contributed by atoms with E-state index in [1.165, 1.54) is 37.4 Å². The second-order valence-corrected chi connectivity index (χ2v) is 6.12. The van der Waals surface area contributed by atoms with Gasteiger partial charge in [0.2, 0.25) is 5.89 Å². The minimum absolute atomic E-state index is 0.191. The first-order valence-electron chi connectivity index (χ1n) is 8.27. The van der Waals surface area contributed by atoms with Crippen molar-refractivity contribution in [1.82, 2.24) is 4.98 Å². The summed E-state index contributed by atoms with van der Waals surface area (Å²) in [6.45, 7) is 0. The van der Waals surface area contributed by atoms with E-state index in [1.807, 2.05) is 0 Å². The fourth-order valence-corrected chi connectivity index (χ4v) is 2.92. The molecular weight excluding hydrogens is 374 g/mol. The van der Waals surface area contributed by atoms with Crippen LogP contribution in [0.1, 0.15) is 5.56 Å². The highest BCUT2D eigenvalue weighted by Gasteiger charge is 2.30. The number of rotatable bonds is 3. The van der Waals surface area contributed by atoms with Gasteiger partial charge in [0, 0.05) is 0 Å². The van der Waals surface area contributed by atoms with E-state index in [0.29, 0.717) is 33.5 Å². The summed E-state index contributed by atoms with van der Waals surface area (Å²) in [4.78, 5) is 4.35. The first kappa shape index (κ1) is 18.0. The normalized spacial score (nSPS) is 11.8. The standard InChI is InChI=1S/C21H13F4NO2/c1-27-18-9-7-15(22)11-16(18)20-26-17-8-4-13(10-19(17)28-20)12-2-5-14(6-3-12)21(23,24)25/h2-11H,1H3. The Labute approximate surface area is 157 Å². The van der Waals surface area contributed by atoms with Gasteiger partial charge < -0.3 is 9.15 Å². The fourth-order valence-electron chi connectivity index (χ4n) is 2.92. The van der Waals surface area contributed by atoms with Crippen LogP contribution in [-0.2, 0) is 6.18 Å². The molecule has 0 bridgehead atoms. The van der Waals surface area contributed by atoms with Gasteiger partial charge in [-0.1, -0.05) is 18.2 Å². The van der Waals surface area contributed by atoms with Gasteiger partial charge in [-0.25, -0.2) is 9.37 Å². The first-order chi connectivity index (χ1) is 13.3. The summed E-state index contributed by atoms with van der Waals surface area (Å²) < 4.78 is 62.8. The van der Waals surface area contributed by atoms with E-state index < -0.39 is 17.6 Å². The van der Waals surface area contributed by atoms with Gasteiger partial charge in [0.15, 0.2) is 5.58 Å². The van der Waals surface area contributed by atoms with Gasteiger partial charge in [0.05, 0.1) is 18.2 Å². The highest BCUT2D eigenvalue weighted by molar-refractivity contribution is 5.83. The summed E-state index contributed by atoms with van der Waals surface area (Å²) in [7, 11) is 1.46. The Morgan fingerprint density at radius 1 is 0.893 bits per heavy atom. The maximum Gasteiger partial charge on any atom is 0.416 e. The Hall–Kier alpha value is -3.35. The molecule has 0 saturated carbocycles. The molecule has 7 heteroatoms. The van der Waals surface area contributed by atoms with Gasteiger partial charge in [0.1, 0.15) is 17.1 Å². The molecule has 3 aromatic carbocycles. The van der Waals surface area contributed by atoms with Gasteiger partial charge in [-0.15, -0.1) is 0 Å². The van der Waals surface area contributed by atoms with Crippen LogP contribution in [0.4, 0.5) is 17.6 Å². The van der Waals surface area contributed by atoms with Crippen molar-refractivity contribution in [2.24, 2.45) is 0 Å². The van der Waals surface area contributed by atoms with Crippen LogP contribution in [-0.4, -0.2) is 12.1 Å². The molecule has 0 aliphatic carbocycles. The zero-order chi connectivity index (χ0) is 19.9. The molecule has 0 fully saturated rings. The third-order valence-electron chi connectivity index (χ3n) is 4.33. The number of benzene rings is 3. The van der Waals surface area contributed by atoms with Crippen molar-refractivity contribution in [3.63, 3.8) is 0 Å². The highest BCUT2D eigenvalue weighted by atomic mass is 19.4. The van der Waals surface area contributed by atoms with Crippen LogP contribution >= 0.6 is 0 Å². The van der Waals surface area contributed by atoms with Crippen LogP contribution in [0, 0.1) is 5.82 Å².